The number of halogens is 2. The number of carbonyl (C=O) groups excluding carboxylic acids is 2. The van der Waals surface area contributed by atoms with Gasteiger partial charge in [-0.1, -0.05) is 23.2 Å². The van der Waals surface area contributed by atoms with E-state index in [9.17, 15) is 9.59 Å². The van der Waals surface area contributed by atoms with Crippen LogP contribution in [0.1, 0.15) is 12.0 Å². The van der Waals surface area contributed by atoms with E-state index in [1.54, 1.807) is 34.1 Å². The molecule has 1 aliphatic heterocycles. The average molecular weight is 357 g/mol. The summed E-state index contributed by atoms with van der Waals surface area (Å²) in [4.78, 5) is 27.1. The van der Waals surface area contributed by atoms with E-state index in [1.165, 1.54) is 13.2 Å². The van der Waals surface area contributed by atoms with Crippen LogP contribution in [0.5, 0.6) is 0 Å². The third-order valence-electron chi connectivity index (χ3n) is 3.60. The van der Waals surface area contributed by atoms with Crippen LogP contribution < -0.4 is 0 Å². The molecule has 0 aliphatic carbocycles. The van der Waals surface area contributed by atoms with Crippen molar-refractivity contribution in [3.05, 3.63) is 39.9 Å². The molecule has 7 heteroatoms. The molecule has 0 aromatic heterocycles. The summed E-state index contributed by atoms with van der Waals surface area (Å²) < 4.78 is 4.71. The monoisotopic (exact) mass is 356 g/mol. The quantitative estimate of drug-likeness (QED) is 0.763. The van der Waals surface area contributed by atoms with Crippen molar-refractivity contribution in [3.8, 4) is 0 Å². The normalized spacial score (nSPS) is 15.6. The number of amides is 2. The number of hydrogen-bond acceptors (Lipinski definition) is 3. The van der Waals surface area contributed by atoms with E-state index in [4.69, 9.17) is 27.9 Å². The molecule has 5 nitrogen and oxygen atoms in total. The Bertz CT molecular complexity index is 619. The highest BCUT2D eigenvalue weighted by atomic mass is 35.5. The summed E-state index contributed by atoms with van der Waals surface area (Å²) in [7, 11) is 1.35. The highest BCUT2D eigenvalue weighted by molar-refractivity contribution is 6.34. The smallest absolute Gasteiger partial charge is 0.409 e. The van der Waals surface area contributed by atoms with E-state index in [1.807, 2.05) is 0 Å². The van der Waals surface area contributed by atoms with Crippen molar-refractivity contribution in [3.63, 3.8) is 0 Å². The van der Waals surface area contributed by atoms with Crippen molar-refractivity contribution >= 4 is 41.3 Å². The molecule has 0 unspecified atom stereocenters. The molecule has 0 saturated carbocycles. The van der Waals surface area contributed by atoms with Gasteiger partial charge in [-0.15, -0.1) is 0 Å². The number of nitrogens with zero attached hydrogens (tertiary/aromatic N) is 2. The Morgan fingerprint density at radius 1 is 1.13 bits per heavy atom. The van der Waals surface area contributed by atoms with E-state index in [0.29, 0.717) is 48.2 Å². The van der Waals surface area contributed by atoms with Crippen LogP contribution in [-0.2, 0) is 9.53 Å². The number of carbonyl (C=O) groups is 2. The fourth-order valence-electron chi connectivity index (χ4n) is 2.36. The highest BCUT2D eigenvalue weighted by Crippen LogP contribution is 2.21. The molecule has 2 rings (SSSR count). The minimum absolute atomic E-state index is 0.118. The number of hydrogen-bond donors (Lipinski definition) is 0. The highest BCUT2D eigenvalue weighted by Gasteiger charge is 2.21. The first-order valence-corrected chi connectivity index (χ1v) is 8.02. The predicted molar refractivity (Wildman–Crippen MR) is 90.7 cm³/mol. The molecular formula is C16H18Cl2N2O3. The first-order chi connectivity index (χ1) is 11.0. The SMILES string of the molecule is COC(=O)N1CCCN(C(=O)/C=C\c2cc(Cl)ccc2Cl)CC1. The van der Waals surface area contributed by atoms with Crippen LogP contribution in [0.3, 0.4) is 0 Å². The third-order valence-corrected chi connectivity index (χ3v) is 4.18. The zero-order chi connectivity index (χ0) is 16.8. The molecule has 0 spiro atoms. The molecule has 23 heavy (non-hydrogen) atoms. The Labute approximate surface area is 145 Å². The molecule has 1 heterocycles. The second-order valence-corrected chi connectivity index (χ2v) is 5.98. The van der Waals surface area contributed by atoms with E-state index >= 15 is 0 Å². The second kappa shape index (κ2) is 8.22. The van der Waals surface area contributed by atoms with Gasteiger partial charge in [-0.25, -0.2) is 4.79 Å². The third kappa shape index (κ3) is 4.88. The molecule has 1 aromatic carbocycles. The van der Waals surface area contributed by atoms with Gasteiger partial charge in [0, 0.05) is 42.3 Å². The van der Waals surface area contributed by atoms with Gasteiger partial charge < -0.3 is 14.5 Å². The van der Waals surface area contributed by atoms with E-state index in [2.05, 4.69) is 0 Å². The minimum atomic E-state index is -0.361. The van der Waals surface area contributed by atoms with E-state index in [-0.39, 0.29) is 12.0 Å². The molecule has 1 aromatic rings. The Morgan fingerprint density at radius 2 is 1.83 bits per heavy atom. The molecule has 0 N–H and O–H groups in total. The van der Waals surface area contributed by atoms with Crippen molar-refractivity contribution in [2.24, 2.45) is 0 Å². The molecule has 0 atom stereocenters. The van der Waals surface area contributed by atoms with Gasteiger partial charge in [-0.3, -0.25) is 4.79 Å². The lowest BCUT2D eigenvalue weighted by Gasteiger charge is -2.20. The topological polar surface area (TPSA) is 49.9 Å². The molecule has 2 amide bonds. The number of benzene rings is 1. The van der Waals surface area contributed by atoms with Gasteiger partial charge in [0.1, 0.15) is 0 Å². The lowest BCUT2D eigenvalue weighted by atomic mass is 10.2. The van der Waals surface area contributed by atoms with Gasteiger partial charge in [-0.05, 0) is 36.3 Å². The number of methoxy groups -OCH3 is 1. The molecule has 124 valence electrons. The summed E-state index contributed by atoms with van der Waals surface area (Å²) in [6.45, 7) is 2.12. The molecule has 1 fully saturated rings. The Balaban J connectivity index is 1.99. The van der Waals surface area contributed by atoms with Gasteiger partial charge in [0.2, 0.25) is 5.91 Å². The molecule has 0 radical (unpaired) electrons. The number of rotatable bonds is 2. The van der Waals surface area contributed by atoms with Crippen LogP contribution in [0.15, 0.2) is 24.3 Å². The average Bonchev–Trinajstić information content (AvgIpc) is 2.80. The first kappa shape index (κ1) is 17.6. The summed E-state index contributed by atoms with van der Waals surface area (Å²) in [5.74, 6) is -0.118. The summed E-state index contributed by atoms with van der Waals surface area (Å²) in [5.41, 5.74) is 0.693. The molecule has 1 aliphatic rings. The van der Waals surface area contributed by atoms with Gasteiger partial charge >= 0.3 is 6.09 Å². The Hall–Kier alpha value is -1.72. The van der Waals surface area contributed by atoms with Crippen molar-refractivity contribution in [1.29, 1.82) is 0 Å². The maximum absolute atomic E-state index is 12.3. The maximum Gasteiger partial charge on any atom is 0.409 e. The Morgan fingerprint density at radius 3 is 2.57 bits per heavy atom. The van der Waals surface area contributed by atoms with Gasteiger partial charge in [0.05, 0.1) is 7.11 Å². The fourth-order valence-corrected chi connectivity index (χ4v) is 2.72. The van der Waals surface area contributed by atoms with Gasteiger partial charge in [0.25, 0.3) is 0 Å². The van der Waals surface area contributed by atoms with Gasteiger partial charge in [-0.2, -0.15) is 0 Å². The van der Waals surface area contributed by atoms with Gasteiger partial charge in [0.15, 0.2) is 0 Å². The maximum atomic E-state index is 12.3. The molecule has 1 saturated heterocycles. The van der Waals surface area contributed by atoms with E-state index < -0.39 is 0 Å². The zero-order valence-corrected chi connectivity index (χ0v) is 14.3. The van der Waals surface area contributed by atoms with Crippen molar-refractivity contribution in [1.82, 2.24) is 9.80 Å². The summed E-state index contributed by atoms with van der Waals surface area (Å²) >= 11 is 12.0. The number of ether oxygens (including phenoxy) is 1. The van der Waals surface area contributed by atoms with Crippen LogP contribution in [0.2, 0.25) is 10.0 Å². The Kier molecular flexibility index (Phi) is 6.30. The standard InChI is InChI=1S/C16H18Cl2N2O3/c1-23-16(22)20-8-2-7-19(9-10-20)15(21)6-3-12-11-13(17)4-5-14(12)18/h3-6,11H,2,7-10H2,1H3/b6-3-. The summed E-state index contributed by atoms with van der Waals surface area (Å²) in [5, 5.41) is 1.09. The lowest BCUT2D eigenvalue weighted by molar-refractivity contribution is -0.125. The van der Waals surface area contributed by atoms with Crippen LogP contribution in [-0.4, -0.2) is 55.1 Å². The van der Waals surface area contributed by atoms with Crippen LogP contribution >= 0.6 is 23.2 Å². The predicted octanol–water partition coefficient (Wildman–Crippen LogP) is 3.31. The van der Waals surface area contributed by atoms with Crippen molar-refractivity contribution in [2.75, 3.05) is 33.3 Å². The van der Waals surface area contributed by atoms with Crippen molar-refractivity contribution < 1.29 is 14.3 Å². The summed E-state index contributed by atoms with van der Waals surface area (Å²) in [6.07, 6.45) is 3.48. The fraction of sp³-hybridized carbons (Fsp3) is 0.375. The van der Waals surface area contributed by atoms with Crippen molar-refractivity contribution in [2.45, 2.75) is 6.42 Å². The lowest BCUT2D eigenvalue weighted by Crippen LogP contribution is -2.36. The zero-order valence-electron chi connectivity index (χ0n) is 12.8. The van der Waals surface area contributed by atoms with Crippen LogP contribution in [0.25, 0.3) is 6.08 Å². The van der Waals surface area contributed by atoms with Crippen LogP contribution in [0.4, 0.5) is 4.79 Å². The van der Waals surface area contributed by atoms with Crippen LogP contribution in [0, 0.1) is 0 Å². The minimum Gasteiger partial charge on any atom is -0.453 e. The largest absolute Gasteiger partial charge is 0.453 e. The molecule has 0 bridgehead atoms. The second-order valence-electron chi connectivity index (χ2n) is 5.14. The first-order valence-electron chi connectivity index (χ1n) is 7.26. The molecular weight excluding hydrogens is 339 g/mol. The summed E-state index contributed by atoms with van der Waals surface area (Å²) in [6, 6.07) is 5.09. The van der Waals surface area contributed by atoms with E-state index in [0.717, 1.165) is 0 Å².